The molecular weight excluding hydrogens is 468 g/mol. The molecule has 0 radical (unpaired) electrons. The van der Waals surface area contributed by atoms with E-state index in [-0.39, 0.29) is 24.0 Å². The lowest BCUT2D eigenvalue weighted by Gasteiger charge is -2.41. The Morgan fingerprint density at radius 1 is 1.03 bits per heavy atom. The number of carbonyl (C=O) groups excluding carboxylic acids is 3. The first kappa shape index (κ1) is 32.5. The maximum Gasteiger partial charge on any atom is 0.248 e. The van der Waals surface area contributed by atoms with E-state index in [1.54, 1.807) is 11.6 Å². The van der Waals surface area contributed by atoms with Crippen LogP contribution in [-0.4, -0.2) is 47.3 Å². The van der Waals surface area contributed by atoms with Crippen molar-refractivity contribution in [1.29, 1.82) is 0 Å². The van der Waals surface area contributed by atoms with Crippen molar-refractivity contribution in [2.24, 2.45) is 34.9 Å². The van der Waals surface area contributed by atoms with Crippen LogP contribution in [0.5, 0.6) is 0 Å². The molecule has 1 unspecified atom stereocenters. The summed E-state index contributed by atoms with van der Waals surface area (Å²) in [5.74, 6) is 2.16. The number of ketones is 1. The number of nitrogens with one attached hydrogen (secondary N) is 2. The molecule has 0 aliphatic carbocycles. The Kier molecular flexibility index (Phi) is 14.3. The summed E-state index contributed by atoms with van der Waals surface area (Å²) in [7, 11) is 0. The average Bonchev–Trinajstić information content (AvgIpc) is 2.88. The molecule has 8 nitrogen and oxygen atoms in total. The molecule has 0 heterocycles. The van der Waals surface area contributed by atoms with Gasteiger partial charge in [0.25, 0.3) is 0 Å². The Balaban J connectivity index is 3.76. The van der Waals surface area contributed by atoms with Crippen molar-refractivity contribution < 1.29 is 19.6 Å². The van der Waals surface area contributed by atoms with Gasteiger partial charge < -0.3 is 4.90 Å². The van der Waals surface area contributed by atoms with E-state index in [4.69, 9.17) is 5.84 Å². The number of nitrogens with zero attached hydrogens (tertiary/aromatic N) is 1. The van der Waals surface area contributed by atoms with Crippen LogP contribution in [0.25, 0.3) is 6.08 Å². The smallest absolute Gasteiger partial charge is 0.248 e. The van der Waals surface area contributed by atoms with E-state index in [1.165, 1.54) is 0 Å². The fourth-order valence-corrected chi connectivity index (χ4v) is 5.25. The third kappa shape index (κ3) is 9.68. The minimum absolute atomic E-state index is 0.0294. The van der Waals surface area contributed by atoms with Crippen molar-refractivity contribution in [3.63, 3.8) is 0 Å². The van der Waals surface area contributed by atoms with Gasteiger partial charge in [-0.15, -0.1) is 0 Å². The number of Topliss-reactive ketones (excluding diaryl/α,β-unsaturated/α-hetero) is 1. The van der Waals surface area contributed by atoms with Crippen molar-refractivity contribution in [1.82, 2.24) is 15.8 Å². The summed E-state index contributed by atoms with van der Waals surface area (Å²) in [4.78, 5) is 43.0. The second kappa shape index (κ2) is 16.3. The second-order valence-corrected chi connectivity index (χ2v) is 10.6. The van der Waals surface area contributed by atoms with Crippen LogP contribution < -0.4 is 16.7 Å². The number of hydrogen-bond acceptors (Lipinski definition) is 6. The Bertz CT molecular complexity index is 868. The number of allylic oxidation sites excluding steroid dienone is 1. The standard InChI is InChI=1S/C29H48N4O4/c1-7-33(8-2)18-12-15-25(34)29(20-22(5)6,17-16-23-13-10-9-11-14-23)26(28(36)32-37)24(19-21(3)4)27(35)31-30/h9-11,13-14,16-17,21-22,24,26,37H,7-8,12,15,18-20,30H2,1-6H3,(H,31,35)(H,32,36)/b17-16+/t24-,26-,29?/m1/s1. The van der Waals surface area contributed by atoms with Crippen LogP contribution in [0.4, 0.5) is 0 Å². The summed E-state index contributed by atoms with van der Waals surface area (Å²) in [6, 6.07) is 9.54. The second-order valence-electron chi connectivity index (χ2n) is 10.6. The van der Waals surface area contributed by atoms with Crippen molar-refractivity contribution in [3.8, 4) is 0 Å². The van der Waals surface area contributed by atoms with Crippen LogP contribution in [0.1, 0.15) is 72.8 Å². The lowest BCUT2D eigenvalue weighted by atomic mass is 9.60. The van der Waals surface area contributed by atoms with Crippen LogP contribution >= 0.6 is 0 Å². The highest BCUT2D eigenvalue weighted by Gasteiger charge is 2.52. The minimum Gasteiger partial charge on any atom is -0.304 e. The third-order valence-electron chi connectivity index (χ3n) is 6.96. The van der Waals surface area contributed by atoms with Gasteiger partial charge in [-0.2, -0.15) is 0 Å². The molecule has 0 saturated heterocycles. The SMILES string of the molecule is CCN(CC)CCCC(=O)C(/C=C/c1ccccc1)(CC(C)C)[C@@H](C(=O)NO)[C@@H](CC(C)C)C(=O)NN. The van der Waals surface area contributed by atoms with E-state index in [9.17, 15) is 19.6 Å². The Morgan fingerprint density at radius 3 is 2.14 bits per heavy atom. The lowest BCUT2D eigenvalue weighted by Crippen LogP contribution is -2.54. The zero-order valence-corrected chi connectivity index (χ0v) is 23.5. The number of benzene rings is 1. The van der Waals surface area contributed by atoms with Crippen molar-refractivity contribution in [2.75, 3.05) is 19.6 Å². The molecule has 1 rings (SSSR count). The molecule has 1 aromatic rings. The van der Waals surface area contributed by atoms with Gasteiger partial charge in [0.2, 0.25) is 11.8 Å². The van der Waals surface area contributed by atoms with Crippen LogP contribution in [-0.2, 0) is 14.4 Å². The third-order valence-corrected chi connectivity index (χ3v) is 6.96. The first-order valence-electron chi connectivity index (χ1n) is 13.5. The summed E-state index contributed by atoms with van der Waals surface area (Å²) in [5.41, 5.74) is 3.51. The molecule has 0 aliphatic heterocycles. The normalized spacial score (nSPS) is 15.1. The fraction of sp³-hybridized carbons (Fsp3) is 0.621. The Labute approximate surface area is 223 Å². The number of amides is 2. The van der Waals surface area contributed by atoms with Crippen molar-refractivity contribution in [2.45, 2.75) is 67.2 Å². The summed E-state index contributed by atoms with van der Waals surface area (Å²) in [6.07, 6.45) is 5.17. The molecule has 208 valence electrons. The number of nitrogens with two attached hydrogens (primary N) is 1. The topological polar surface area (TPSA) is 125 Å². The quantitative estimate of drug-likeness (QED) is 0.106. The van der Waals surface area contributed by atoms with Crippen LogP contribution in [0.2, 0.25) is 0 Å². The van der Waals surface area contributed by atoms with E-state index < -0.39 is 29.1 Å². The number of hydrogen-bond donors (Lipinski definition) is 4. The van der Waals surface area contributed by atoms with E-state index >= 15 is 0 Å². The van der Waals surface area contributed by atoms with E-state index in [0.717, 1.165) is 25.2 Å². The molecule has 5 N–H and O–H groups in total. The minimum atomic E-state index is -1.33. The van der Waals surface area contributed by atoms with Crippen molar-refractivity contribution >= 4 is 23.7 Å². The van der Waals surface area contributed by atoms with Gasteiger partial charge in [-0.05, 0) is 56.3 Å². The zero-order chi connectivity index (χ0) is 28.0. The lowest BCUT2D eigenvalue weighted by molar-refractivity contribution is -0.151. The molecule has 0 aromatic heterocycles. The van der Waals surface area contributed by atoms with Gasteiger partial charge in [-0.3, -0.25) is 25.0 Å². The van der Waals surface area contributed by atoms with Gasteiger partial charge in [-0.25, -0.2) is 11.3 Å². The highest BCUT2D eigenvalue weighted by Crippen LogP contribution is 2.45. The van der Waals surface area contributed by atoms with Gasteiger partial charge in [0, 0.05) is 6.42 Å². The zero-order valence-electron chi connectivity index (χ0n) is 23.5. The summed E-state index contributed by atoms with van der Waals surface area (Å²) < 4.78 is 0. The van der Waals surface area contributed by atoms with Gasteiger partial charge in [0.1, 0.15) is 5.78 Å². The monoisotopic (exact) mass is 516 g/mol. The molecule has 37 heavy (non-hydrogen) atoms. The van der Waals surface area contributed by atoms with Gasteiger partial charge in [-0.1, -0.05) is 84.0 Å². The summed E-state index contributed by atoms with van der Waals surface area (Å²) in [5, 5.41) is 9.82. The molecule has 0 spiro atoms. The van der Waals surface area contributed by atoms with Gasteiger partial charge >= 0.3 is 0 Å². The van der Waals surface area contributed by atoms with Crippen LogP contribution in [0.15, 0.2) is 36.4 Å². The predicted molar refractivity (Wildman–Crippen MR) is 148 cm³/mol. The molecule has 8 heteroatoms. The fourth-order valence-electron chi connectivity index (χ4n) is 5.25. The molecule has 0 fully saturated rings. The molecule has 0 aliphatic rings. The predicted octanol–water partition coefficient (Wildman–Crippen LogP) is 4.20. The maximum atomic E-state index is 14.2. The highest BCUT2D eigenvalue weighted by molar-refractivity contribution is 5.97. The van der Waals surface area contributed by atoms with E-state index in [1.807, 2.05) is 64.1 Å². The molecule has 3 atom stereocenters. The van der Waals surface area contributed by atoms with Gasteiger partial charge in [0.05, 0.1) is 17.3 Å². The molecule has 2 amide bonds. The maximum absolute atomic E-state index is 14.2. The first-order chi connectivity index (χ1) is 17.6. The first-order valence-corrected chi connectivity index (χ1v) is 13.5. The molecule has 0 saturated carbocycles. The van der Waals surface area contributed by atoms with Crippen LogP contribution in [0, 0.1) is 29.1 Å². The summed E-state index contributed by atoms with van der Waals surface area (Å²) >= 11 is 0. The van der Waals surface area contributed by atoms with Crippen LogP contribution in [0.3, 0.4) is 0 Å². The number of hydroxylamine groups is 1. The van der Waals surface area contributed by atoms with Gasteiger partial charge in [0.15, 0.2) is 0 Å². The highest BCUT2D eigenvalue weighted by atomic mass is 16.5. The summed E-state index contributed by atoms with van der Waals surface area (Å²) in [6.45, 7) is 14.6. The number of hydrazine groups is 1. The molecule has 1 aromatic carbocycles. The van der Waals surface area contributed by atoms with E-state index in [2.05, 4.69) is 24.2 Å². The van der Waals surface area contributed by atoms with E-state index in [0.29, 0.717) is 19.3 Å². The number of carbonyl (C=O) groups is 3. The Hall–Kier alpha value is -2.55. The molecular formula is C29H48N4O4. The average molecular weight is 517 g/mol. The molecule has 0 bridgehead atoms. The van der Waals surface area contributed by atoms with Crippen molar-refractivity contribution in [3.05, 3.63) is 42.0 Å². The largest absolute Gasteiger partial charge is 0.304 e. The number of rotatable bonds is 17. The Morgan fingerprint density at radius 2 is 1.65 bits per heavy atom.